The van der Waals surface area contributed by atoms with Crippen LogP contribution in [-0.2, 0) is 6.54 Å². The Bertz CT molecular complexity index is 1120. The Balaban J connectivity index is 1.33. The van der Waals surface area contributed by atoms with E-state index in [9.17, 15) is 18.0 Å². The molecule has 6 N–H and O–H groups in total. The van der Waals surface area contributed by atoms with Gasteiger partial charge in [0.2, 0.25) is 0 Å². The standard InChI is InChI=1S/C22H20F3N5OS/c23-22(24,25)30-15-8-5-13(6-9-15)12-27-21-29-18-10-7-14(11-19(18)32-21)20(31)28-17-4-2-1-3-16(17)26/h1-11,21,27,29-30H,12,26H2,(H,28,31). The molecule has 0 aromatic heterocycles. The summed E-state index contributed by atoms with van der Waals surface area (Å²) < 4.78 is 37.1. The lowest BCUT2D eigenvalue weighted by Crippen LogP contribution is -2.29. The number of fused-ring (bicyclic) bond motifs is 1. The van der Waals surface area contributed by atoms with E-state index in [2.05, 4.69) is 16.0 Å². The number of carbonyl (C=O) groups is 1. The molecule has 0 saturated heterocycles. The summed E-state index contributed by atoms with van der Waals surface area (Å²) in [5, 5.41) is 10.9. The van der Waals surface area contributed by atoms with Gasteiger partial charge in [0, 0.05) is 28.4 Å². The van der Waals surface area contributed by atoms with E-state index in [0.29, 0.717) is 23.5 Å². The second-order valence-corrected chi connectivity index (χ2v) is 8.24. The second-order valence-electron chi connectivity index (χ2n) is 7.10. The molecule has 32 heavy (non-hydrogen) atoms. The predicted molar refractivity (Wildman–Crippen MR) is 121 cm³/mol. The van der Waals surface area contributed by atoms with Gasteiger partial charge in [-0.3, -0.25) is 15.4 Å². The number of carbonyl (C=O) groups excluding carboxylic acids is 1. The lowest BCUT2D eigenvalue weighted by Gasteiger charge is -2.14. The van der Waals surface area contributed by atoms with Crippen LogP contribution in [0.4, 0.5) is 35.9 Å². The number of hydrogen-bond donors (Lipinski definition) is 5. The van der Waals surface area contributed by atoms with Crippen LogP contribution >= 0.6 is 11.8 Å². The zero-order chi connectivity index (χ0) is 22.7. The molecule has 166 valence electrons. The highest BCUT2D eigenvalue weighted by Gasteiger charge is 2.27. The number of anilines is 4. The highest BCUT2D eigenvalue weighted by molar-refractivity contribution is 8.00. The Hall–Kier alpha value is -3.37. The number of thioether (sulfide) groups is 1. The number of amides is 1. The van der Waals surface area contributed by atoms with Crippen molar-refractivity contribution in [2.24, 2.45) is 0 Å². The van der Waals surface area contributed by atoms with Crippen LogP contribution in [0.15, 0.2) is 71.6 Å². The molecule has 1 aliphatic rings. The molecule has 1 aliphatic heterocycles. The highest BCUT2D eigenvalue weighted by Crippen LogP contribution is 2.38. The molecule has 0 bridgehead atoms. The zero-order valence-corrected chi connectivity index (χ0v) is 17.5. The molecular formula is C22H20F3N5OS. The first kappa shape index (κ1) is 21.8. The predicted octanol–water partition coefficient (Wildman–Crippen LogP) is 5.04. The van der Waals surface area contributed by atoms with E-state index < -0.39 is 6.30 Å². The Labute approximate surface area is 186 Å². The molecule has 1 heterocycles. The first-order valence-electron chi connectivity index (χ1n) is 9.67. The zero-order valence-electron chi connectivity index (χ0n) is 16.7. The second kappa shape index (κ2) is 9.01. The molecule has 1 amide bonds. The average molecular weight is 459 g/mol. The van der Waals surface area contributed by atoms with Gasteiger partial charge in [-0.15, -0.1) is 0 Å². The third-order valence-electron chi connectivity index (χ3n) is 4.72. The normalized spacial score (nSPS) is 15.0. The molecule has 4 rings (SSSR count). The van der Waals surface area contributed by atoms with Crippen molar-refractivity contribution >= 4 is 40.4 Å². The maximum absolute atomic E-state index is 12.6. The van der Waals surface area contributed by atoms with Crippen molar-refractivity contribution in [3.05, 3.63) is 77.9 Å². The van der Waals surface area contributed by atoms with E-state index in [1.807, 2.05) is 6.07 Å². The van der Waals surface area contributed by atoms with Crippen molar-refractivity contribution in [3.8, 4) is 0 Å². The van der Waals surface area contributed by atoms with Gasteiger partial charge in [-0.05, 0) is 48.0 Å². The van der Waals surface area contributed by atoms with E-state index in [0.717, 1.165) is 16.1 Å². The molecule has 10 heteroatoms. The summed E-state index contributed by atoms with van der Waals surface area (Å²) >= 11 is 1.52. The van der Waals surface area contributed by atoms with Crippen molar-refractivity contribution in [2.75, 3.05) is 21.7 Å². The molecule has 6 nitrogen and oxygen atoms in total. The molecule has 3 aromatic carbocycles. The van der Waals surface area contributed by atoms with Crippen molar-refractivity contribution < 1.29 is 18.0 Å². The van der Waals surface area contributed by atoms with Crippen LogP contribution in [0.2, 0.25) is 0 Å². The van der Waals surface area contributed by atoms with Crippen LogP contribution in [0.5, 0.6) is 0 Å². The molecule has 0 aliphatic carbocycles. The van der Waals surface area contributed by atoms with Crippen LogP contribution in [0.3, 0.4) is 0 Å². The van der Waals surface area contributed by atoms with E-state index in [-0.39, 0.29) is 17.1 Å². The van der Waals surface area contributed by atoms with Crippen LogP contribution in [0.25, 0.3) is 0 Å². The fourth-order valence-corrected chi connectivity index (χ4v) is 4.21. The molecule has 0 saturated carbocycles. The summed E-state index contributed by atoms with van der Waals surface area (Å²) in [6, 6.07) is 18.5. The maximum Gasteiger partial charge on any atom is 0.482 e. The van der Waals surface area contributed by atoms with Crippen molar-refractivity contribution in [2.45, 2.75) is 23.2 Å². The number of halogens is 3. The van der Waals surface area contributed by atoms with Crippen molar-refractivity contribution in [1.29, 1.82) is 0 Å². The molecular weight excluding hydrogens is 439 g/mol. The number of hydrogen-bond acceptors (Lipinski definition) is 6. The van der Waals surface area contributed by atoms with Gasteiger partial charge in [0.25, 0.3) is 5.91 Å². The van der Waals surface area contributed by atoms with Gasteiger partial charge >= 0.3 is 6.30 Å². The summed E-state index contributed by atoms with van der Waals surface area (Å²) in [4.78, 5) is 13.5. The molecule has 0 fully saturated rings. The maximum atomic E-state index is 12.6. The molecule has 0 radical (unpaired) electrons. The van der Waals surface area contributed by atoms with Gasteiger partial charge in [0.1, 0.15) is 5.50 Å². The van der Waals surface area contributed by atoms with Crippen LogP contribution in [0, 0.1) is 0 Å². The summed E-state index contributed by atoms with van der Waals surface area (Å²) in [7, 11) is 0. The lowest BCUT2D eigenvalue weighted by molar-refractivity contribution is -0.0999. The van der Waals surface area contributed by atoms with E-state index in [1.54, 1.807) is 48.5 Å². The third-order valence-corrected chi connectivity index (χ3v) is 5.83. The van der Waals surface area contributed by atoms with Crippen LogP contribution in [-0.4, -0.2) is 17.7 Å². The van der Waals surface area contributed by atoms with Gasteiger partial charge in [-0.1, -0.05) is 36.0 Å². The number of alkyl halides is 3. The van der Waals surface area contributed by atoms with E-state index in [4.69, 9.17) is 5.73 Å². The average Bonchev–Trinajstić information content (AvgIpc) is 3.16. The minimum atomic E-state index is -4.46. The molecule has 0 spiro atoms. The Morgan fingerprint density at radius 2 is 1.81 bits per heavy atom. The quantitative estimate of drug-likeness (QED) is 0.262. The number of nitrogens with two attached hydrogens (primary N) is 1. The third kappa shape index (κ3) is 5.45. The van der Waals surface area contributed by atoms with Gasteiger partial charge < -0.3 is 16.4 Å². The monoisotopic (exact) mass is 459 g/mol. The summed E-state index contributed by atoms with van der Waals surface area (Å²) in [6.45, 7) is 0.464. The number of nitrogen functional groups attached to an aromatic ring is 1. The summed E-state index contributed by atoms with van der Waals surface area (Å²) in [6.07, 6.45) is -4.46. The largest absolute Gasteiger partial charge is 0.482 e. The molecule has 1 atom stereocenters. The molecule has 3 aromatic rings. The lowest BCUT2D eigenvalue weighted by atomic mass is 10.2. The fourth-order valence-electron chi connectivity index (χ4n) is 3.16. The van der Waals surface area contributed by atoms with Gasteiger partial charge in [-0.25, -0.2) is 0 Å². The van der Waals surface area contributed by atoms with Gasteiger partial charge in [0.05, 0.1) is 11.4 Å². The smallest absolute Gasteiger partial charge is 0.397 e. The number of nitrogens with one attached hydrogen (secondary N) is 4. The first-order chi connectivity index (χ1) is 15.3. The van der Waals surface area contributed by atoms with Crippen molar-refractivity contribution in [3.63, 3.8) is 0 Å². The SMILES string of the molecule is Nc1ccccc1NC(=O)c1ccc2c(c1)SC(NCc1ccc(NC(F)(F)F)cc1)N2. The molecule has 1 unspecified atom stereocenters. The summed E-state index contributed by atoms with van der Waals surface area (Å²) in [5.41, 5.74) is 9.03. The van der Waals surface area contributed by atoms with Crippen LogP contribution in [0.1, 0.15) is 15.9 Å². The first-order valence-corrected chi connectivity index (χ1v) is 10.6. The van der Waals surface area contributed by atoms with E-state index in [1.165, 1.54) is 29.2 Å². The Kier molecular flexibility index (Phi) is 6.15. The minimum absolute atomic E-state index is 0.00918. The van der Waals surface area contributed by atoms with Crippen molar-refractivity contribution in [1.82, 2.24) is 5.32 Å². The summed E-state index contributed by atoms with van der Waals surface area (Å²) in [5.74, 6) is -0.254. The van der Waals surface area contributed by atoms with E-state index >= 15 is 0 Å². The topological polar surface area (TPSA) is 91.2 Å². The van der Waals surface area contributed by atoms with Gasteiger partial charge in [0.15, 0.2) is 0 Å². The highest BCUT2D eigenvalue weighted by atomic mass is 32.2. The number of benzene rings is 3. The number of rotatable bonds is 6. The fraction of sp³-hybridized carbons (Fsp3) is 0.136. The van der Waals surface area contributed by atoms with Gasteiger partial charge in [-0.2, -0.15) is 13.2 Å². The Morgan fingerprint density at radius 3 is 2.53 bits per heavy atom. The minimum Gasteiger partial charge on any atom is -0.397 e. The Morgan fingerprint density at radius 1 is 1.06 bits per heavy atom. The van der Waals surface area contributed by atoms with Crippen LogP contribution < -0.4 is 27.0 Å². The number of para-hydroxylation sites is 2.